The van der Waals surface area contributed by atoms with Gasteiger partial charge in [-0.1, -0.05) is 17.7 Å². The van der Waals surface area contributed by atoms with Crippen LogP contribution >= 0.6 is 27.5 Å². The molecule has 0 N–H and O–H groups in total. The molecule has 1 rings (SSSR count). The average molecular weight is 231 g/mol. The lowest BCUT2D eigenvalue weighted by Crippen LogP contribution is -1.86. The van der Waals surface area contributed by atoms with Crippen molar-refractivity contribution in [2.75, 3.05) is 0 Å². The topological polar surface area (TPSA) is 36.7 Å². The summed E-state index contributed by atoms with van der Waals surface area (Å²) in [7, 11) is 0. The van der Waals surface area contributed by atoms with Crippen LogP contribution in [0, 0.1) is 11.3 Å². The lowest BCUT2D eigenvalue weighted by molar-refractivity contribution is 1.17. The number of nitrogens with zero attached hydrogens (tertiary/aromatic N) is 2. The first-order valence-electron chi connectivity index (χ1n) is 2.92. The summed E-state index contributed by atoms with van der Waals surface area (Å²) in [6.45, 7) is 0. The van der Waals surface area contributed by atoms with Crippen molar-refractivity contribution in [3.8, 4) is 6.07 Å². The fraction of sp³-hybridized carbons (Fsp3) is 0.143. The number of hydrogen-bond acceptors (Lipinski definition) is 2. The second kappa shape index (κ2) is 3.70. The summed E-state index contributed by atoms with van der Waals surface area (Å²) in [5.41, 5.74) is 0.761. The van der Waals surface area contributed by atoms with Gasteiger partial charge in [0, 0.05) is 5.56 Å². The molecule has 0 saturated heterocycles. The molecule has 1 aromatic rings. The third-order valence-electron chi connectivity index (χ3n) is 1.16. The molecule has 0 bridgehead atoms. The van der Waals surface area contributed by atoms with E-state index in [0.29, 0.717) is 16.2 Å². The van der Waals surface area contributed by atoms with Crippen molar-refractivity contribution in [1.29, 1.82) is 5.26 Å². The van der Waals surface area contributed by atoms with E-state index >= 15 is 0 Å². The Morgan fingerprint density at radius 3 is 2.91 bits per heavy atom. The fourth-order valence-corrected chi connectivity index (χ4v) is 1.29. The van der Waals surface area contributed by atoms with Gasteiger partial charge >= 0.3 is 0 Å². The normalized spacial score (nSPS) is 9.18. The van der Waals surface area contributed by atoms with Crippen molar-refractivity contribution in [3.63, 3.8) is 0 Å². The molecule has 0 radical (unpaired) electrons. The number of halogens is 2. The molecule has 0 saturated carbocycles. The van der Waals surface area contributed by atoms with Crippen LogP contribution in [0.15, 0.2) is 16.7 Å². The van der Waals surface area contributed by atoms with E-state index in [2.05, 4.69) is 20.9 Å². The Morgan fingerprint density at radius 2 is 2.36 bits per heavy atom. The zero-order valence-corrected chi connectivity index (χ0v) is 7.85. The summed E-state index contributed by atoms with van der Waals surface area (Å²) in [5.74, 6) is 0. The van der Waals surface area contributed by atoms with Crippen LogP contribution in [-0.2, 0) is 6.42 Å². The largest absolute Gasteiger partial charge is 0.229 e. The molecule has 11 heavy (non-hydrogen) atoms. The van der Waals surface area contributed by atoms with Gasteiger partial charge in [0.2, 0.25) is 0 Å². The van der Waals surface area contributed by atoms with Crippen LogP contribution in [0.4, 0.5) is 0 Å². The minimum Gasteiger partial charge on any atom is -0.229 e. The van der Waals surface area contributed by atoms with Gasteiger partial charge in [-0.05, 0) is 22.0 Å². The zero-order chi connectivity index (χ0) is 8.27. The summed E-state index contributed by atoms with van der Waals surface area (Å²) >= 11 is 8.88. The molecule has 0 aromatic carbocycles. The molecule has 0 fully saturated rings. The van der Waals surface area contributed by atoms with Crippen LogP contribution in [0.25, 0.3) is 0 Å². The number of pyridine rings is 1. The molecular formula is C7H4BrClN2. The standard InChI is InChI=1S/C7H4BrClN2/c8-6-2-1-5(3-4-10)7(9)11-6/h1-2H,3H2. The molecule has 2 nitrogen and oxygen atoms in total. The number of rotatable bonds is 1. The Bertz CT molecular complexity index is 306. The van der Waals surface area contributed by atoms with E-state index < -0.39 is 0 Å². The molecule has 56 valence electrons. The van der Waals surface area contributed by atoms with Crippen LogP contribution in [0.5, 0.6) is 0 Å². The predicted molar refractivity (Wildman–Crippen MR) is 46.3 cm³/mol. The van der Waals surface area contributed by atoms with Gasteiger partial charge in [0.05, 0.1) is 12.5 Å². The first kappa shape index (κ1) is 8.51. The van der Waals surface area contributed by atoms with Gasteiger partial charge in [0.1, 0.15) is 9.76 Å². The van der Waals surface area contributed by atoms with Gasteiger partial charge < -0.3 is 0 Å². The Balaban J connectivity index is 3.01. The summed E-state index contributed by atoms with van der Waals surface area (Å²) in [6.07, 6.45) is 0.305. The highest BCUT2D eigenvalue weighted by Crippen LogP contribution is 2.16. The smallest absolute Gasteiger partial charge is 0.134 e. The van der Waals surface area contributed by atoms with Gasteiger partial charge in [-0.2, -0.15) is 5.26 Å². The van der Waals surface area contributed by atoms with Crippen LogP contribution in [0.2, 0.25) is 5.15 Å². The third kappa shape index (κ3) is 2.18. The van der Waals surface area contributed by atoms with Crippen molar-refractivity contribution in [2.24, 2.45) is 0 Å². The van der Waals surface area contributed by atoms with Crippen molar-refractivity contribution in [3.05, 3.63) is 27.5 Å². The monoisotopic (exact) mass is 230 g/mol. The maximum Gasteiger partial charge on any atom is 0.134 e. The number of nitriles is 1. The molecule has 4 heteroatoms. The first-order chi connectivity index (χ1) is 5.24. The minimum absolute atomic E-state index is 0.305. The Hall–Kier alpha value is -0.590. The lowest BCUT2D eigenvalue weighted by atomic mass is 10.2. The minimum atomic E-state index is 0.305. The predicted octanol–water partition coefficient (Wildman–Crippen LogP) is 2.56. The maximum absolute atomic E-state index is 8.37. The summed E-state index contributed by atoms with van der Waals surface area (Å²) in [4.78, 5) is 3.92. The molecule has 0 atom stereocenters. The van der Waals surface area contributed by atoms with E-state index in [4.69, 9.17) is 16.9 Å². The van der Waals surface area contributed by atoms with Gasteiger partial charge in [-0.25, -0.2) is 4.98 Å². The van der Waals surface area contributed by atoms with Crippen LogP contribution in [-0.4, -0.2) is 4.98 Å². The van der Waals surface area contributed by atoms with E-state index in [1.54, 1.807) is 12.1 Å². The molecular weight excluding hydrogens is 227 g/mol. The third-order valence-corrected chi connectivity index (χ3v) is 1.93. The average Bonchev–Trinajstić information content (AvgIpc) is 1.95. The van der Waals surface area contributed by atoms with Gasteiger partial charge in [-0.3, -0.25) is 0 Å². The van der Waals surface area contributed by atoms with Crippen molar-refractivity contribution >= 4 is 27.5 Å². The molecule has 1 aromatic heterocycles. The van der Waals surface area contributed by atoms with E-state index in [-0.39, 0.29) is 0 Å². The highest BCUT2D eigenvalue weighted by atomic mass is 79.9. The SMILES string of the molecule is N#CCc1ccc(Br)nc1Cl. The number of hydrogen-bond donors (Lipinski definition) is 0. The Morgan fingerprint density at radius 1 is 1.64 bits per heavy atom. The Labute approximate surface area is 77.9 Å². The van der Waals surface area contributed by atoms with E-state index in [9.17, 15) is 0 Å². The molecule has 0 aliphatic heterocycles. The highest BCUT2D eigenvalue weighted by Gasteiger charge is 2.00. The quantitative estimate of drug-likeness (QED) is 0.697. The maximum atomic E-state index is 8.37. The highest BCUT2D eigenvalue weighted by molar-refractivity contribution is 9.10. The van der Waals surface area contributed by atoms with Crippen LogP contribution in [0.1, 0.15) is 5.56 Å². The fourth-order valence-electron chi connectivity index (χ4n) is 0.658. The van der Waals surface area contributed by atoms with Crippen molar-refractivity contribution in [2.45, 2.75) is 6.42 Å². The summed E-state index contributed by atoms with van der Waals surface area (Å²) in [5, 5.41) is 8.76. The lowest BCUT2D eigenvalue weighted by Gasteiger charge is -1.96. The van der Waals surface area contributed by atoms with Crippen LogP contribution in [0.3, 0.4) is 0 Å². The zero-order valence-electron chi connectivity index (χ0n) is 5.51. The molecule has 0 amide bonds. The Kier molecular flexibility index (Phi) is 2.86. The molecule has 0 unspecified atom stereocenters. The molecule has 0 aliphatic rings. The van der Waals surface area contributed by atoms with Crippen LogP contribution < -0.4 is 0 Å². The van der Waals surface area contributed by atoms with Crippen molar-refractivity contribution in [1.82, 2.24) is 4.98 Å². The van der Waals surface area contributed by atoms with Gasteiger partial charge in [-0.15, -0.1) is 0 Å². The van der Waals surface area contributed by atoms with Gasteiger partial charge in [0.25, 0.3) is 0 Å². The molecule has 0 aliphatic carbocycles. The molecule has 0 spiro atoms. The summed E-state index contributed by atoms with van der Waals surface area (Å²) in [6, 6.07) is 5.55. The number of aromatic nitrogens is 1. The van der Waals surface area contributed by atoms with Crippen molar-refractivity contribution < 1.29 is 0 Å². The summed E-state index contributed by atoms with van der Waals surface area (Å²) < 4.78 is 0.684. The van der Waals surface area contributed by atoms with E-state index in [0.717, 1.165) is 5.56 Å². The second-order valence-corrected chi connectivity index (χ2v) is 3.09. The van der Waals surface area contributed by atoms with E-state index in [1.807, 2.05) is 6.07 Å². The first-order valence-corrected chi connectivity index (χ1v) is 4.09. The molecule has 1 heterocycles. The van der Waals surface area contributed by atoms with Gasteiger partial charge in [0.15, 0.2) is 0 Å². The van der Waals surface area contributed by atoms with E-state index in [1.165, 1.54) is 0 Å². The second-order valence-electron chi connectivity index (χ2n) is 1.92.